The topological polar surface area (TPSA) is 81.2 Å². The molecule has 112 valence electrons. The molecule has 0 bridgehead atoms. The maximum absolute atomic E-state index is 11.0. The molecular formula is C15H19N3O3. The van der Waals surface area contributed by atoms with Crippen molar-refractivity contribution in [1.82, 2.24) is 9.78 Å². The molecule has 0 saturated carbocycles. The first-order chi connectivity index (χ1) is 9.79. The van der Waals surface area contributed by atoms with Gasteiger partial charge >= 0.3 is 5.69 Å². The summed E-state index contributed by atoms with van der Waals surface area (Å²) in [6.07, 6.45) is -0.749. The van der Waals surface area contributed by atoms with Gasteiger partial charge in [0.1, 0.15) is 11.4 Å². The molecule has 0 aliphatic rings. The van der Waals surface area contributed by atoms with Crippen LogP contribution in [-0.4, -0.2) is 19.8 Å². The van der Waals surface area contributed by atoms with Gasteiger partial charge < -0.3 is 5.11 Å². The molecule has 1 N–H and O–H groups in total. The highest BCUT2D eigenvalue weighted by atomic mass is 16.6. The Bertz CT molecular complexity index is 671. The van der Waals surface area contributed by atoms with Crippen LogP contribution >= 0.6 is 0 Å². The van der Waals surface area contributed by atoms with E-state index in [-0.39, 0.29) is 12.2 Å². The van der Waals surface area contributed by atoms with Gasteiger partial charge in [0.25, 0.3) is 0 Å². The van der Waals surface area contributed by atoms with Crippen LogP contribution in [0, 0.1) is 37.8 Å². The zero-order valence-electron chi connectivity index (χ0n) is 12.6. The van der Waals surface area contributed by atoms with E-state index in [2.05, 4.69) is 5.10 Å². The van der Waals surface area contributed by atoms with Crippen LogP contribution in [0.2, 0.25) is 0 Å². The number of aromatic nitrogens is 2. The molecule has 0 fully saturated rings. The van der Waals surface area contributed by atoms with Crippen LogP contribution in [0.1, 0.15) is 34.2 Å². The highest BCUT2D eigenvalue weighted by molar-refractivity contribution is 5.39. The third kappa shape index (κ3) is 3.11. The average Bonchev–Trinajstić information content (AvgIpc) is 2.63. The molecular weight excluding hydrogens is 270 g/mol. The maximum Gasteiger partial charge on any atom is 0.312 e. The quantitative estimate of drug-likeness (QED) is 0.693. The Morgan fingerprint density at radius 1 is 1.24 bits per heavy atom. The second kappa shape index (κ2) is 5.65. The molecule has 1 unspecified atom stereocenters. The van der Waals surface area contributed by atoms with Crippen LogP contribution in [0.25, 0.3) is 0 Å². The largest absolute Gasteiger partial charge is 0.386 e. The van der Waals surface area contributed by atoms with E-state index in [4.69, 9.17) is 0 Å². The van der Waals surface area contributed by atoms with Crippen molar-refractivity contribution >= 4 is 5.69 Å². The van der Waals surface area contributed by atoms with Gasteiger partial charge in [0, 0.05) is 0 Å². The third-order valence-electron chi connectivity index (χ3n) is 3.50. The summed E-state index contributed by atoms with van der Waals surface area (Å²) in [5, 5.41) is 25.5. The van der Waals surface area contributed by atoms with Gasteiger partial charge in [-0.1, -0.05) is 29.3 Å². The van der Waals surface area contributed by atoms with E-state index in [1.165, 1.54) is 4.68 Å². The van der Waals surface area contributed by atoms with E-state index in [0.717, 1.165) is 16.7 Å². The van der Waals surface area contributed by atoms with Gasteiger partial charge in [-0.2, -0.15) is 5.10 Å². The Morgan fingerprint density at radius 2 is 1.81 bits per heavy atom. The lowest BCUT2D eigenvalue weighted by Crippen LogP contribution is -2.12. The lowest BCUT2D eigenvalue weighted by Gasteiger charge is -2.13. The summed E-state index contributed by atoms with van der Waals surface area (Å²) in [5.41, 5.74) is 3.78. The van der Waals surface area contributed by atoms with Crippen LogP contribution in [0.15, 0.2) is 18.2 Å². The minimum Gasteiger partial charge on any atom is -0.386 e. The van der Waals surface area contributed by atoms with Crippen LogP contribution in [0.5, 0.6) is 0 Å². The number of aliphatic hydroxyl groups is 1. The molecule has 1 heterocycles. The van der Waals surface area contributed by atoms with E-state index in [1.54, 1.807) is 13.8 Å². The van der Waals surface area contributed by atoms with Gasteiger partial charge in [0.2, 0.25) is 0 Å². The summed E-state index contributed by atoms with van der Waals surface area (Å²) in [4.78, 5) is 10.6. The fourth-order valence-electron chi connectivity index (χ4n) is 2.60. The SMILES string of the molecule is Cc1cc(C)cc(C(O)Cn2nc(C)c([N+](=O)[O-])c2C)c1. The predicted octanol–water partition coefficient (Wildman–Crippen LogP) is 2.76. The highest BCUT2D eigenvalue weighted by Gasteiger charge is 2.23. The number of nitro groups is 1. The fraction of sp³-hybridized carbons (Fsp3) is 0.400. The highest BCUT2D eigenvalue weighted by Crippen LogP contribution is 2.25. The van der Waals surface area contributed by atoms with Crippen molar-refractivity contribution in [3.8, 4) is 0 Å². The molecule has 0 saturated heterocycles. The molecule has 0 spiro atoms. The second-order valence-corrected chi connectivity index (χ2v) is 5.40. The monoisotopic (exact) mass is 289 g/mol. The first-order valence-corrected chi connectivity index (χ1v) is 6.74. The fourth-order valence-corrected chi connectivity index (χ4v) is 2.60. The van der Waals surface area contributed by atoms with Crippen molar-refractivity contribution in [3.05, 3.63) is 56.4 Å². The number of rotatable bonds is 4. The van der Waals surface area contributed by atoms with Crippen LogP contribution in [-0.2, 0) is 6.54 Å². The second-order valence-electron chi connectivity index (χ2n) is 5.40. The van der Waals surface area contributed by atoms with Crippen LogP contribution in [0.4, 0.5) is 5.69 Å². The van der Waals surface area contributed by atoms with Gasteiger partial charge in [0.05, 0.1) is 17.6 Å². The number of aliphatic hydroxyl groups excluding tert-OH is 1. The Morgan fingerprint density at radius 3 is 2.29 bits per heavy atom. The van der Waals surface area contributed by atoms with Crippen molar-refractivity contribution in [3.63, 3.8) is 0 Å². The Kier molecular flexibility index (Phi) is 4.09. The van der Waals surface area contributed by atoms with Gasteiger partial charge in [-0.15, -0.1) is 0 Å². The van der Waals surface area contributed by atoms with Crippen molar-refractivity contribution in [2.24, 2.45) is 0 Å². The molecule has 21 heavy (non-hydrogen) atoms. The van der Waals surface area contributed by atoms with E-state index < -0.39 is 11.0 Å². The molecule has 6 heteroatoms. The zero-order chi connectivity index (χ0) is 15.7. The number of hydrogen-bond acceptors (Lipinski definition) is 4. The molecule has 1 aromatic carbocycles. The molecule has 0 amide bonds. The van der Waals surface area contributed by atoms with Gasteiger partial charge in [-0.05, 0) is 33.3 Å². The minimum absolute atomic E-state index is 0.0163. The lowest BCUT2D eigenvalue weighted by atomic mass is 10.0. The van der Waals surface area contributed by atoms with Gasteiger partial charge in [-0.25, -0.2) is 0 Å². The molecule has 2 rings (SSSR count). The zero-order valence-corrected chi connectivity index (χ0v) is 12.6. The summed E-state index contributed by atoms with van der Waals surface area (Å²) >= 11 is 0. The molecule has 0 aliphatic carbocycles. The maximum atomic E-state index is 11.0. The molecule has 0 radical (unpaired) electrons. The standard InChI is InChI=1S/C15H19N3O3/c1-9-5-10(2)7-13(6-9)14(19)8-17-12(4)15(18(20)21)11(3)16-17/h5-7,14,19H,8H2,1-4H3. The van der Waals surface area contributed by atoms with Gasteiger partial charge in [-0.3, -0.25) is 14.8 Å². The summed E-state index contributed by atoms with van der Waals surface area (Å²) < 4.78 is 1.50. The smallest absolute Gasteiger partial charge is 0.312 e. The van der Waals surface area contributed by atoms with E-state index >= 15 is 0 Å². The Balaban J connectivity index is 2.29. The summed E-state index contributed by atoms with van der Waals surface area (Å²) in [6.45, 7) is 7.38. The summed E-state index contributed by atoms with van der Waals surface area (Å²) in [7, 11) is 0. The average molecular weight is 289 g/mol. The number of nitrogens with zero attached hydrogens (tertiary/aromatic N) is 3. The number of benzene rings is 1. The summed E-state index contributed by atoms with van der Waals surface area (Å²) in [6, 6.07) is 5.86. The normalized spacial score (nSPS) is 12.4. The van der Waals surface area contributed by atoms with Crippen molar-refractivity contribution in [2.45, 2.75) is 40.3 Å². The van der Waals surface area contributed by atoms with E-state index in [9.17, 15) is 15.2 Å². The number of hydrogen-bond donors (Lipinski definition) is 1. The first-order valence-electron chi connectivity index (χ1n) is 6.74. The molecule has 1 aromatic heterocycles. The van der Waals surface area contributed by atoms with E-state index in [1.807, 2.05) is 32.0 Å². The van der Waals surface area contributed by atoms with Crippen LogP contribution in [0.3, 0.4) is 0 Å². The van der Waals surface area contributed by atoms with Crippen molar-refractivity contribution in [2.75, 3.05) is 0 Å². The Labute approximate surface area is 123 Å². The molecule has 6 nitrogen and oxygen atoms in total. The van der Waals surface area contributed by atoms with E-state index in [0.29, 0.717) is 11.4 Å². The molecule has 0 aliphatic heterocycles. The molecule has 1 atom stereocenters. The third-order valence-corrected chi connectivity index (χ3v) is 3.50. The van der Waals surface area contributed by atoms with Crippen molar-refractivity contribution in [1.29, 1.82) is 0 Å². The Hall–Kier alpha value is -2.21. The predicted molar refractivity (Wildman–Crippen MR) is 79.2 cm³/mol. The summed E-state index contributed by atoms with van der Waals surface area (Å²) in [5.74, 6) is 0. The first kappa shape index (κ1) is 15.2. The lowest BCUT2D eigenvalue weighted by molar-refractivity contribution is -0.386. The molecule has 2 aromatic rings. The van der Waals surface area contributed by atoms with Gasteiger partial charge in [0.15, 0.2) is 0 Å². The van der Waals surface area contributed by atoms with Crippen molar-refractivity contribution < 1.29 is 10.0 Å². The van der Waals surface area contributed by atoms with Crippen LogP contribution < -0.4 is 0 Å². The minimum atomic E-state index is -0.749. The number of aryl methyl sites for hydroxylation is 3.